The van der Waals surface area contributed by atoms with Crippen LogP contribution in [0.3, 0.4) is 0 Å². The molecule has 0 saturated carbocycles. The van der Waals surface area contributed by atoms with Gasteiger partial charge in [0, 0.05) is 18.8 Å². The molecule has 1 fully saturated rings. The van der Waals surface area contributed by atoms with Crippen LogP contribution in [0.1, 0.15) is 49.7 Å². The van der Waals surface area contributed by atoms with Gasteiger partial charge in [0.1, 0.15) is 11.7 Å². The lowest BCUT2D eigenvalue weighted by Crippen LogP contribution is -2.59. The molecule has 2 heterocycles. The van der Waals surface area contributed by atoms with E-state index >= 15 is 0 Å². The van der Waals surface area contributed by atoms with Crippen molar-refractivity contribution >= 4 is 30.9 Å². The fourth-order valence-electron chi connectivity index (χ4n) is 3.85. The number of carbonyl (C=O) groups excluding carboxylic acids is 4. The van der Waals surface area contributed by atoms with Gasteiger partial charge in [-0.05, 0) is 24.8 Å². The topological polar surface area (TPSA) is 146 Å². The van der Waals surface area contributed by atoms with E-state index in [4.69, 9.17) is 14.0 Å². The summed E-state index contributed by atoms with van der Waals surface area (Å²) in [5.74, 6) is -3.07. The third-order valence-corrected chi connectivity index (χ3v) is 5.53. The Bertz CT molecular complexity index is 1070. The predicted molar refractivity (Wildman–Crippen MR) is 133 cm³/mol. The number of hydrogen-bond donors (Lipinski definition) is 2. The zero-order valence-corrected chi connectivity index (χ0v) is 21.1. The predicted octanol–water partition coefficient (Wildman–Crippen LogP) is 1.27. The van der Waals surface area contributed by atoms with Gasteiger partial charge in [-0.2, -0.15) is 0 Å². The summed E-state index contributed by atoms with van der Waals surface area (Å²) in [4.78, 5) is 58.7. The molecule has 0 bridgehead atoms. The van der Waals surface area contributed by atoms with Crippen LogP contribution in [0.2, 0.25) is 0 Å². The number of carbonyl (C=O) groups is 4. The lowest BCUT2D eigenvalue weighted by Gasteiger charge is -2.32. The van der Waals surface area contributed by atoms with Gasteiger partial charge in [0.05, 0.1) is 25.2 Å². The van der Waals surface area contributed by atoms with Crippen LogP contribution in [0.15, 0.2) is 48.9 Å². The molecule has 1 aromatic heterocycles. The van der Waals surface area contributed by atoms with Crippen molar-refractivity contribution in [3.63, 3.8) is 0 Å². The summed E-state index contributed by atoms with van der Waals surface area (Å²) in [5, 5.41) is 5.58. The molecule has 2 N–H and O–H groups in total. The SMILES string of the molecule is CCOC(=O)[C@@H]1CC(=O)OB([C@H](CC(C)C)NC(=O)[C@H](Cc2ccccc2)NC(=O)c2cnccn2)O1. The van der Waals surface area contributed by atoms with Crippen LogP contribution in [0.25, 0.3) is 0 Å². The highest BCUT2D eigenvalue weighted by Gasteiger charge is 2.45. The van der Waals surface area contributed by atoms with Crippen LogP contribution < -0.4 is 10.6 Å². The number of nitrogens with one attached hydrogen (secondary N) is 2. The highest BCUT2D eigenvalue weighted by molar-refractivity contribution is 6.50. The quantitative estimate of drug-likeness (QED) is 0.337. The van der Waals surface area contributed by atoms with Crippen LogP contribution in [0.5, 0.6) is 0 Å². The third kappa shape index (κ3) is 8.38. The number of nitrogens with zero attached hydrogens (tertiary/aromatic N) is 2. The Morgan fingerprint density at radius 1 is 1.16 bits per heavy atom. The zero-order valence-electron chi connectivity index (χ0n) is 21.1. The Morgan fingerprint density at radius 2 is 1.92 bits per heavy atom. The van der Waals surface area contributed by atoms with E-state index in [9.17, 15) is 19.2 Å². The molecule has 2 aromatic rings. The summed E-state index contributed by atoms with van der Waals surface area (Å²) >= 11 is 0. The van der Waals surface area contributed by atoms with Crippen molar-refractivity contribution in [1.29, 1.82) is 0 Å². The Labute approximate surface area is 215 Å². The first-order chi connectivity index (χ1) is 17.8. The van der Waals surface area contributed by atoms with Gasteiger partial charge in [-0.1, -0.05) is 44.2 Å². The highest BCUT2D eigenvalue weighted by atomic mass is 16.7. The monoisotopic (exact) mass is 510 g/mol. The zero-order chi connectivity index (χ0) is 26.8. The maximum atomic E-state index is 13.5. The summed E-state index contributed by atoms with van der Waals surface area (Å²) in [6, 6.07) is 8.23. The number of esters is 1. The molecule has 1 aliphatic heterocycles. The summed E-state index contributed by atoms with van der Waals surface area (Å²) in [6.07, 6.45) is 3.31. The molecule has 196 valence electrons. The first-order valence-corrected chi connectivity index (χ1v) is 12.2. The summed E-state index contributed by atoms with van der Waals surface area (Å²) in [6.45, 7) is 5.66. The van der Waals surface area contributed by atoms with Crippen molar-refractivity contribution in [2.45, 2.75) is 58.1 Å². The Balaban J connectivity index is 1.80. The number of benzene rings is 1. The maximum absolute atomic E-state index is 13.5. The average molecular weight is 510 g/mol. The van der Waals surface area contributed by atoms with Gasteiger partial charge >= 0.3 is 13.1 Å². The van der Waals surface area contributed by atoms with Crippen LogP contribution in [-0.2, 0) is 34.9 Å². The van der Waals surface area contributed by atoms with Crippen LogP contribution >= 0.6 is 0 Å². The van der Waals surface area contributed by atoms with E-state index in [2.05, 4.69) is 20.6 Å². The average Bonchev–Trinajstić information content (AvgIpc) is 2.88. The van der Waals surface area contributed by atoms with Crippen LogP contribution in [-0.4, -0.2) is 65.5 Å². The van der Waals surface area contributed by atoms with Crippen molar-refractivity contribution in [1.82, 2.24) is 20.6 Å². The van der Waals surface area contributed by atoms with E-state index in [0.717, 1.165) is 5.56 Å². The molecule has 37 heavy (non-hydrogen) atoms. The molecule has 3 atom stereocenters. The molecule has 2 amide bonds. The Kier molecular flexibility index (Phi) is 10.1. The lowest BCUT2D eigenvalue weighted by atomic mass is 9.72. The molecule has 0 radical (unpaired) electrons. The van der Waals surface area contributed by atoms with Gasteiger partial charge in [-0.15, -0.1) is 0 Å². The fraction of sp³-hybridized carbons (Fsp3) is 0.440. The maximum Gasteiger partial charge on any atom is 0.551 e. The standard InChI is InChI=1S/C25H31BN4O7/c1-4-35-25(34)20-14-22(31)37-26(36-20)21(12-16(2)3)30-23(32)18(13-17-8-6-5-7-9-17)29-24(33)19-15-27-10-11-28-19/h5-11,15-16,18,20-21H,4,12-14H2,1-3H3,(H,29,33)(H,30,32)/t18-,20-,21-/m0/s1. The van der Waals surface area contributed by atoms with Gasteiger partial charge in [0.2, 0.25) is 5.91 Å². The second-order valence-corrected chi connectivity index (χ2v) is 8.99. The minimum atomic E-state index is -1.20. The summed E-state index contributed by atoms with van der Waals surface area (Å²) in [5.41, 5.74) is 0.888. The van der Waals surface area contributed by atoms with Crippen molar-refractivity contribution < 1.29 is 33.2 Å². The molecule has 1 saturated heterocycles. The molecule has 11 nitrogen and oxygen atoms in total. The second-order valence-electron chi connectivity index (χ2n) is 8.99. The van der Waals surface area contributed by atoms with Crippen molar-refractivity contribution in [2.24, 2.45) is 5.92 Å². The van der Waals surface area contributed by atoms with E-state index < -0.39 is 49.0 Å². The largest absolute Gasteiger partial charge is 0.551 e. The van der Waals surface area contributed by atoms with Gasteiger partial charge in [0.15, 0.2) is 6.10 Å². The summed E-state index contributed by atoms with van der Waals surface area (Å²) < 4.78 is 16.1. The van der Waals surface area contributed by atoms with Gasteiger partial charge in [0.25, 0.3) is 11.9 Å². The van der Waals surface area contributed by atoms with Crippen LogP contribution in [0, 0.1) is 5.92 Å². The minimum Gasteiger partial charge on any atom is -0.508 e. The van der Waals surface area contributed by atoms with E-state index in [1.807, 2.05) is 44.2 Å². The Morgan fingerprint density at radius 3 is 2.57 bits per heavy atom. The first-order valence-electron chi connectivity index (χ1n) is 12.2. The molecule has 1 aliphatic rings. The number of ether oxygens (including phenoxy) is 1. The number of rotatable bonds is 11. The Hall–Kier alpha value is -3.80. The molecular formula is C25H31BN4O7. The van der Waals surface area contributed by atoms with Gasteiger partial charge < -0.3 is 24.7 Å². The van der Waals surface area contributed by atoms with Crippen LogP contribution in [0.4, 0.5) is 0 Å². The van der Waals surface area contributed by atoms with Crippen molar-refractivity contribution in [3.05, 3.63) is 60.2 Å². The number of aromatic nitrogens is 2. The molecule has 12 heteroatoms. The van der Waals surface area contributed by atoms with Gasteiger partial charge in [-0.3, -0.25) is 19.4 Å². The molecule has 0 spiro atoms. The molecule has 1 aromatic carbocycles. The van der Waals surface area contributed by atoms with Crippen molar-refractivity contribution in [3.8, 4) is 0 Å². The molecule has 3 rings (SSSR count). The lowest BCUT2D eigenvalue weighted by molar-refractivity contribution is -0.161. The minimum absolute atomic E-state index is 0.0638. The van der Waals surface area contributed by atoms with Gasteiger partial charge in [-0.25, -0.2) is 9.78 Å². The molecular weight excluding hydrogens is 479 g/mol. The molecule has 0 aliphatic carbocycles. The van der Waals surface area contributed by atoms with E-state index in [1.165, 1.54) is 18.6 Å². The normalized spacial score (nSPS) is 16.9. The summed E-state index contributed by atoms with van der Waals surface area (Å²) in [7, 11) is -1.20. The van der Waals surface area contributed by atoms with E-state index in [1.54, 1.807) is 6.92 Å². The highest BCUT2D eigenvalue weighted by Crippen LogP contribution is 2.19. The van der Waals surface area contributed by atoms with E-state index in [0.29, 0.717) is 6.42 Å². The smallest absolute Gasteiger partial charge is 0.508 e. The first kappa shape index (κ1) is 27.8. The third-order valence-electron chi connectivity index (χ3n) is 5.53. The number of hydrogen-bond acceptors (Lipinski definition) is 9. The van der Waals surface area contributed by atoms with Crippen molar-refractivity contribution in [2.75, 3.05) is 6.61 Å². The second kappa shape index (κ2) is 13.5. The number of amides is 2. The fourth-order valence-corrected chi connectivity index (χ4v) is 3.85. The molecule has 0 unspecified atom stereocenters. The van der Waals surface area contributed by atoms with E-state index in [-0.39, 0.29) is 31.1 Å².